The predicted molar refractivity (Wildman–Crippen MR) is 146 cm³/mol. The van der Waals surface area contributed by atoms with E-state index >= 15 is 0 Å². The zero-order valence-electron chi connectivity index (χ0n) is 21.9. The van der Waals surface area contributed by atoms with Gasteiger partial charge in [-0.25, -0.2) is 14.6 Å². The van der Waals surface area contributed by atoms with Crippen molar-refractivity contribution in [2.45, 2.75) is 62.9 Å². The van der Waals surface area contributed by atoms with Crippen LogP contribution in [0.4, 0.5) is 4.79 Å². The number of hydrogen-bond donors (Lipinski definition) is 1. The Hall–Kier alpha value is -2.41. The number of β-lactam (4-membered cyclic amide) rings is 1. The predicted octanol–water partition coefficient (Wildman–Crippen LogP) is 4.66. The molecule has 12 heteroatoms. The number of aliphatic carboxylic acids is 1. The number of thioether (sulfide) groups is 1. The molecule has 0 spiro atoms. The molecule has 0 saturated carbocycles. The number of nitrogens with zero attached hydrogens (tertiary/aromatic N) is 3. The first-order valence-corrected chi connectivity index (χ1v) is 17.3. The lowest BCUT2D eigenvalue weighted by Gasteiger charge is -2.48. The van der Waals surface area contributed by atoms with E-state index in [1.54, 1.807) is 4.90 Å². The standard InChI is InChI=1S/C25H33N3O6S2Si/c1-8-9-33-25(32)27-11-16(10-13(27)2)17-12-35-24(26-17)36-21-14(3)19-18(15(4)34-37(5,6)7)22(29)28(19)20(21)23(30)31/h8,10,12-15,18-19H,1,9,11H2,2-7H3,(H,30,31)/t13-,14-,15-,18-,19-/m1/s1. The number of ether oxygens (including phenoxy) is 1. The Labute approximate surface area is 226 Å². The van der Waals surface area contributed by atoms with Crippen LogP contribution in [0.3, 0.4) is 0 Å². The fourth-order valence-electron chi connectivity index (χ4n) is 5.19. The molecule has 1 aromatic heterocycles. The second kappa shape index (κ2) is 10.4. The normalized spacial score (nSPS) is 26.1. The number of thiazole rings is 1. The zero-order chi connectivity index (χ0) is 27.2. The van der Waals surface area contributed by atoms with Gasteiger partial charge in [0.25, 0.3) is 0 Å². The molecule has 37 heavy (non-hydrogen) atoms. The Bertz CT molecular complexity index is 1190. The van der Waals surface area contributed by atoms with Crippen LogP contribution in [0, 0.1) is 11.8 Å². The summed E-state index contributed by atoms with van der Waals surface area (Å²) in [6.45, 7) is 16.1. The maximum atomic E-state index is 13.1. The first-order chi connectivity index (χ1) is 17.3. The molecule has 1 saturated heterocycles. The SMILES string of the molecule is C=CCOC(=O)N1CC(c2csc(SC3=C(C(=O)O)N4C(=O)[C@H]([C@@H](C)O[Si](C)(C)C)[C@H]4[C@H]3C)n2)=C[C@H]1C. The van der Waals surface area contributed by atoms with Crippen molar-refractivity contribution in [1.82, 2.24) is 14.8 Å². The Balaban J connectivity index is 1.50. The van der Waals surface area contributed by atoms with Crippen LogP contribution in [0.5, 0.6) is 0 Å². The van der Waals surface area contributed by atoms with E-state index in [0.717, 1.165) is 11.3 Å². The number of rotatable bonds is 9. The third-order valence-electron chi connectivity index (χ3n) is 6.68. The van der Waals surface area contributed by atoms with Crippen LogP contribution >= 0.6 is 23.1 Å². The number of fused-ring (bicyclic) bond motifs is 1. The molecule has 4 rings (SSSR count). The Morgan fingerprint density at radius 1 is 1.38 bits per heavy atom. The second-order valence-electron chi connectivity index (χ2n) is 10.5. The van der Waals surface area contributed by atoms with E-state index in [1.165, 1.54) is 34.1 Å². The molecule has 1 aromatic rings. The van der Waals surface area contributed by atoms with Crippen molar-refractivity contribution in [3.8, 4) is 0 Å². The smallest absolute Gasteiger partial charge is 0.410 e. The summed E-state index contributed by atoms with van der Waals surface area (Å²) in [6.07, 6.45) is 2.83. The molecular weight excluding hydrogens is 531 g/mol. The minimum absolute atomic E-state index is 0.0468. The summed E-state index contributed by atoms with van der Waals surface area (Å²) >= 11 is 2.72. The summed E-state index contributed by atoms with van der Waals surface area (Å²) in [4.78, 5) is 46.1. The maximum Gasteiger partial charge on any atom is 0.410 e. The number of amides is 2. The topological polar surface area (TPSA) is 109 Å². The van der Waals surface area contributed by atoms with Gasteiger partial charge in [-0.15, -0.1) is 11.3 Å². The number of carbonyl (C=O) groups excluding carboxylic acids is 2. The molecule has 0 aromatic carbocycles. The highest BCUT2D eigenvalue weighted by Gasteiger charge is 2.60. The van der Waals surface area contributed by atoms with E-state index in [0.29, 0.717) is 15.8 Å². The summed E-state index contributed by atoms with van der Waals surface area (Å²) in [7, 11) is -1.87. The van der Waals surface area contributed by atoms with Crippen molar-refractivity contribution in [3.63, 3.8) is 0 Å². The van der Waals surface area contributed by atoms with Crippen LogP contribution in [0.1, 0.15) is 26.5 Å². The van der Waals surface area contributed by atoms with Gasteiger partial charge in [0.15, 0.2) is 12.7 Å². The van der Waals surface area contributed by atoms with E-state index in [9.17, 15) is 19.5 Å². The monoisotopic (exact) mass is 563 g/mol. The van der Waals surface area contributed by atoms with Crippen LogP contribution in [0.2, 0.25) is 19.6 Å². The first kappa shape index (κ1) is 27.6. The third-order valence-corrected chi connectivity index (χ3v) is 9.98. The Morgan fingerprint density at radius 2 is 2.08 bits per heavy atom. The van der Waals surface area contributed by atoms with Crippen LogP contribution in [-0.2, 0) is 18.8 Å². The minimum Gasteiger partial charge on any atom is -0.477 e. The van der Waals surface area contributed by atoms with Gasteiger partial charge in [-0.1, -0.05) is 37.4 Å². The molecule has 200 valence electrons. The average Bonchev–Trinajstić information content (AvgIpc) is 3.47. The lowest BCUT2D eigenvalue weighted by Crippen LogP contribution is -2.64. The highest BCUT2D eigenvalue weighted by molar-refractivity contribution is 8.04. The lowest BCUT2D eigenvalue weighted by molar-refractivity contribution is -0.162. The molecule has 3 aliphatic heterocycles. The fraction of sp³-hybridized carbons (Fsp3) is 0.520. The number of carboxylic acids is 1. The number of carbonyl (C=O) groups is 3. The van der Waals surface area contributed by atoms with Crippen molar-refractivity contribution >= 4 is 55.0 Å². The van der Waals surface area contributed by atoms with E-state index in [2.05, 4.69) is 26.2 Å². The van der Waals surface area contributed by atoms with Gasteiger partial charge in [0, 0.05) is 16.2 Å². The highest BCUT2D eigenvalue weighted by atomic mass is 32.2. The van der Waals surface area contributed by atoms with E-state index in [4.69, 9.17) is 14.1 Å². The molecule has 9 nitrogen and oxygen atoms in total. The zero-order valence-corrected chi connectivity index (χ0v) is 24.5. The van der Waals surface area contributed by atoms with Crippen molar-refractivity contribution in [2.24, 2.45) is 11.8 Å². The Morgan fingerprint density at radius 3 is 2.70 bits per heavy atom. The van der Waals surface area contributed by atoms with Gasteiger partial charge in [-0.3, -0.25) is 9.69 Å². The third kappa shape index (κ3) is 5.29. The summed E-state index contributed by atoms with van der Waals surface area (Å²) in [5, 5.41) is 11.9. The van der Waals surface area contributed by atoms with Crippen LogP contribution < -0.4 is 0 Å². The highest BCUT2D eigenvalue weighted by Crippen LogP contribution is 2.52. The summed E-state index contributed by atoms with van der Waals surface area (Å²) in [5.41, 5.74) is 1.70. The van der Waals surface area contributed by atoms with Gasteiger partial charge < -0.3 is 19.2 Å². The molecule has 1 fully saturated rings. The Kier molecular flexibility index (Phi) is 7.76. The molecule has 5 atom stereocenters. The molecule has 0 unspecified atom stereocenters. The summed E-state index contributed by atoms with van der Waals surface area (Å²) in [5.74, 6) is -1.82. The van der Waals surface area contributed by atoms with Gasteiger partial charge in [0.2, 0.25) is 5.91 Å². The molecule has 1 N–H and O–H groups in total. The van der Waals surface area contributed by atoms with Crippen molar-refractivity contribution in [3.05, 3.63) is 40.4 Å². The molecule has 2 amide bonds. The molecule has 4 heterocycles. The lowest BCUT2D eigenvalue weighted by atomic mass is 9.79. The molecular formula is C25H33N3O6S2Si. The van der Waals surface area contributed by atoms with Crippen LogP contribution in [-0.4, -0.2) is 77.5 Å². The van der Waals surface area contributed by atoms with Crippen molar-refractivity contribution in [1.29, 1.82) is 0 Å². The van der Waals surface area contributed by atoms with E-state index in [1.807, 2.05) is 32.2 Å². The van der Waals surface area contributed by atoms with Gasteiger partial charge >= 0.3 is 12.1 Å². The van der Waals surface area contributed by atoms with Crippen molar-refractivity contribution in [2.75, 3.05) is 13.2 Å². The summed E-state index contributed by atoms with van der Waals surface area (Å²) < 4.78 is 12.1. The second-order valence-corrected chi connectivity index (χ2v) is 17.1. The number of aromatic nitrogens is 1. The van der Waals surface area contributed by atoms with Gasteiger partial charge in [-0.05, 0) is 39.1 Å². The van der Waals surface area contributed by atoms with Gasteiger partial charge in [0.1, 0.15) is 12.3 Å². The maximum absolute atomic E-state index is 13.1. The fourth-order valence-corrected chi connectivity index (χ4v) is 8.57. The molecule has 0 radical (unpaired) electrons. The largest absolute Gasteiger partial charge is 0.477 e. The van der Waals surface area contributed by atoms with Crippen molar-refractivity contribution < 1.29 is 28.7 Å². The number of carboxylic acid groups (broad SMARTS) is 1. The van der Waals surface area contributed by atoms with Gasteiger partial charge in [0.05, 0.1) is 36.3 Å². The molecule has 3 aliphatic rings. The summed E-state index contributed by atoms with van der Waals surface area (Å²) in [6, 6.07) is -0.367. The van der Waals surface area contributed by atoms with E-state index in [-0.39, 0.29) is 48.2 Å². The minimum atomic E-state index is -1.87. The molecule has 0 aliphatic carbocycles. The van der Waals surface area contributed by atoms with E-state index < -0.39 is 20.4 Å². The first-order valence-electron chi connectivity index (χ1n) is 12.2. The van der Waals surface area contributed by atoms with Crippen LogP contribution in [0.25, 0.3) is 5.57 Å². The quantitative estimate of drug-likeness (QED) is 0.263. The van der Waals surface area contributed by atoms with Crippen LogP contribution in [0.15, 0.2) is 39.1 Å². The van der Waals surface area contributed by atoms with Gasteiger partial charge in [-0.2, -0.15) is 0 Å². The average molecular weight is 564 g/mol. The number of hydrogen-bond acceptors (Lipinski definition) is 8. The molecule has 0 bridgehead atoms.